The minimum absolute atomic E-state index is 0.0757. The number of hydrogen-bond acceptors (Lipinski definition) is 6. The Kier molecular flexibility index (Phi) is 3.76. The number of aromatic nitrogens is 2. The van der Waals surface area contributed by atoms with Crippen LogP contribution in [0.25, 0.3) is 10.8 Å². The molecule has 0 aliphatic heterocycles. The van der Waals surface area contributed by atoms with Crippen molar-refractivity contribution in [2.75, 3.05) is 0 Å². The first-order valence-electron chi connectivity index (χ1n) is 6.02. The van der Waals surface area contributed by atoms with E-state index in [0.29, 0.717) is 23.9 Å². The minimum Gasteiger partial charge on any atom is -0.486 e. The molecule has 0 amide bonds. The van der Waals surface area contributed by atoms with Crippen molar-refractivity contribution in [1.29, 1.82) is 0 Å². The van der Waals surface area contributed by atoms with Crippen molar-refractivity contribution in [1.82, 2.24) is 9.97 Å². The predicted octanol–water partition coefficient (Wildman–Crippen LogP) is 2.87. The summed E-state index contributed by atoms with van der Waals surface area (Å²) in [6, 6.07) is 7.39. The number of pyridine rings is 1. The van der Waals surface area contributed by atoms with Gasteiger partial charge in [-0.15, -0.1) is 11.3 Å². The standard InChI is InChI=1S/C14H12N2O3S/c17-7-10-3-4-12(6-15-10)18-8-11-9-19-14(16-11)13-2-1-5-20-13/h1-6,9,17H,7-8H2. The molecule has 20 heavy (non-hydrogen) atoms. The maximum Gasteiger partial charge on any atom is 0.236 e. The van der Waals surface area contributed by atoms with Crippen molar-refractivity contribution in [3.63, 3.8) is 0 Å². The molecule has 5 nitrogen and oxygen atoms in total. The second kappa shape index (κ2) is 5.85. The highest BCUT2D eigenvalue weighted by Gasteiger charge is 2.08. The van der Waals surface area contributed by atoms with Crippen LogP contribution in [0, 0.1) is 0 Å². The highest BCUT2D eigenvalue weighted by Crippen LogP contribution is 2.24. The second-order valence-electron chi connectivity index (χ2n) is 4.05. The molecule has 0 saturated carbocycles. The van der Waals surface area contributed by atoms with Crippen LogP contribution in [-0.4, -0.2) is 15.1 Å². The van der Waals surface area contributed by atoms with Gasteiger partial charge in [0.2, 0.25) is 5.89 Å². The van der Waals surface area contributed by atoms with Crippen molar-refractivity contribution >= 4 is 11.3 Å². The van der Waals surface area contributed by atoms with Crippen LogP contribution in [0.3, 0.4) is 0 Å². The SMILES string of the molecule is OCc1ccc(OCc2coc(-c3cccs3)n2)cn1. The Morgan fingerprint density at radius 3 is 2.90 bits per heavy atom. The third-order valence-corrected chi connectivity index (χ3v) is 3.49. The van der Waals surface area contributed by atoms with Crippen LogP contribution >= 0.6 is 11.3 Å². The fourth-order valence-corrected chi connectivity index (χ4v) is 2.29. The summed E-state index contributed by atoms with van der Waals surface area (Å²) in [6.07, 6.45) is 3.16. The van der Waals surface area contributed by atoms with Gasteiger partial charge in [0, 0.05) is 0 Å². The Morgan fingerprint density at radius 2 is 2.20 bits per heavy atom. The van der Waals surface area contributed by atoms with E-state index < -0.39 is 0 Å². The predicted molar refractivity (Wildman–Crippen MR) is 74.3 cm³/mol. The number of nitrogens with zero attached hydrogens (tertiary/aromatic N) is 2. The van der Waals surface area contributed by atoms with E-state index in [1.165, 1.54) is 0 Å². The Labute approximate surface area is 119 Å². The third kappa shape index (κ3) is 2.87. The Balaban J connectivity index is 1.63. The van der Waals surface area contributed by atoms with Gasteiger partial charge < -0.3 is 14.3 Å². The number of hydrogen-bond donors (Lipinski definition) is 1. The smallest absolute Gasteiger partial charge is 0.236 e. The average molecular weight is 288 g/mol. The molecule has 1 N–H and O–H groups in total. The van der Waals surface area contributed by atoms with E-state index in [1.54, 1.807) is 35.9 Å². The molecule has 0 spiro atoms. The zero-order valence-corrected chi connectivity index (χ0v) is 11.3. The average Bonchev–Trinajstić information content (AvgIpc) is 3.16. The van der Waals surface area contributed by atoms with Crippen molar-refractivity contribution in [2.24, 2.45) is 0 Å². The number of aliphatic hydroxyl groups excluding tert-OH is 1. The molecule has 0 unspecified atom stereocenters. The van der Waals surface area contributed by atoms with Crippen LogP contribution in [0.15, 0.2) is 46.5 Å². The first-order valence-corrected chi connectivity index (χ1v) is 6.90. The third-order valence-electron chi connectivity index (χ3n) is 2.63. The summed E-state index contributed by atoms with van der Waals surface area (Å²) in [6.45, 7) is 0.239. The highest BCUT2D eigenvalue weighted by atomic mass is 32.1. The molecule has 0 atom stereocenters. The summed E-state index contributed by atoms with van der Waals surface area (Å²) in [5, 5.41) is 10.9. The van der Waals surface area contributed by atoms with E-state index in [4.69, 9.17) is 14.3 Å². The van der Waals surface area contributed by atoms with E-state index in [1.807, 2.05) is 17.5 Å². The molecule has 3 heterocycles. The first-order chi connectivity index (χ1) is 9.85. The van der Waals surface area contributed by atoms with Gasteiger partial charge in [0.1, 0.15) is 24.3 Å². The van der Waals surface area contributed by atoms with E-state index in [9.17, 15) is 0 Å². The van der Waals surface area contributed by atoms with Gasteiger partial charge in [-0.3, -0.25) is 4.98 Å². The number of oxazole rings is 1. The Bertz CT molecular complexity index is 662. The minimum atomic E-state index is -0.0757. The van der Waals surface area contributed by atoms with E-state index in [2.05, 4.69) is 9.97 Å². The molecular weight excluding hydrogens is 276 g/mol. The lowest BCUT2D eigenvalue weighted by atomic mass is 10.3. The molecule has 0 fully saturated rings. The number of thiophene rings is 1. The maximum absolute atomic E-state index is 8.90. The van der Waals surface area contributed by atoms with Gasteiger partial charge in [0.05, 0.1) is 23.4 Å². The molecule has 6 heteroatoms. The van der Waals surface area contributed by atoms with Crippen molar-refractivity contribution in [3.05, 3.63) is 53.5 Å². The number of rotatable bonds is 5. The number of aliphatic hydroxyl groups is 1. The number of ether oxygens (including phenoxy) is 1. The summed E-state index contributed by atoms with van der Waals surface area (Å²) >= 11 is 1.58. The monoisotopic (exact) mass is 288 g/mol. The van der Waals surface area contributed by atoms with E-state index >= 15 is 0 Å². The summed E-state index contributed by atoms with van der Waals surface area (Å²) in [7, 11) is 0. The summed E-state index contributed by atoms with van der Waals surface area (Å²) in [5.74, 6) is 1.23. The van der Waals surface area contributed by atoms with Crippen molar-refractivity contribution < 1.29 is 14.3 Å². The second-order valence-corrected chi connectivity index (χ2v) is 5.00. The molecule has 0 aliphatic rings. The lowest BCUT2D eigenvalue weighted by Gasteiger charge is -2.03. The molecule has 0 aliphatic carbocycles. The zero-order chi connectivity index (χ0) is 13.8. The molecule has 3 aromatic rings. The summed E-state index contributed by atoms with van der Waals surface area (Å²) in [4.78, 5) is 9.39. The van der Waals surface area contributed by atoms with E-state index in [-0.39, 0.29) is 6.61 Å². The zero-order valence-electron chi connectivity index (χ0n) is 10.5. The molecule has 3 aromatic heterocycles. The summed E-state index contributed by atoms with van der Waals surface area (Å²) in [5.41, 5.74) is 1.33. The lowest BCUT2D eigenvalue weighted by Crippen LogP contribution is -1.97. The van der Waals surface area contributed by atoms with Gasteiger partial charge in [-0.05, 0) is 23.6 Å². The highest BCUT2D eigenvalue weighted by molar-refractivity contribution is 7.13. The van der Waals surface area contributed by atoms with Crippen molar-refractivity contribution in [2.45, 2.75) is 13.2 Å². The van der Waals surface area contributed by atoms with Crippen LogP contribution in [0.4, 0.5) is 0 Å². The maximum atomic E-state index is 8.90. The normalized spacial score (nSPS) is 10.7. The Hall–Kier alpha value is -2.18. The first kappa shape index (κ1) is 12.8. The molecule has 0 bridgehead atoms. The quantitative estimate of drug-likeness (QED) is 0.782. The van der Waals surface area contributed by atoms with Crippen LogP contribution in [0.1, 0.15) is 11.4 Å². The lowest BCUT2D eigenvalue weighted by molar-refractivity contribution is 0.274. The van der Waals surface area contributed by atoms with Gasteiger partial charge in [0.15, 0.2) is 0 Å². The topological polar surface area (TPSA) is 68.4 Å². The molecular formula is C14H12N2O3S. The van der Waals surface area contributed by atoms with E-state index in [0.717, 1.165) is 10.6 Å². The van der Waals surface area contributed by atoms with Gasteiger partial charge in [-0.1, -0.05) is 6.07 Å². The molecule has 0 aromatic carbocycles. The summed E-state index contributed by atoms with van der Waals surface area (Å²) < 4.78 is 11.0. The molecule has 3 rings (SSSR count). The van der Waals surface area contributed by atoms with Gasteiger partial charge in [-0.25, -0.2) is 4.98 Å². The fraction of sp³-hybridized carbons (Fsp3) is 0.143. The molecule has 0 radical (unpaired) electrons. The van der Waals surface area contributed by atoms with Crippen LogP contribution in [0.2, 0.25) is 0 Å². The van der Waals surface area contributed by atoms with Gasteiger partial charge >= 0.3 is 0 Å². The van der Waals surface area contributed by atoms with Gasteiger partial charge in [0.25, 0.3) is 0 Å². The Morgan fingerprint density at radius 1 is 1.25 bits per heavy atom. The van der Waals surface area contributed by atoms with Gasteiger partial charge in [-0.2, -0.15) is 0 Å². The van der Waals surface area contributed by atoms with Crippen molar-refractivity contribution in [3.8, 4) is 16.5 Å². The molecule has 102 valence electrons. The fourth-order valence-electron chi connectivity index (χ4n) is 1.63. The van der Waals surface area contributed by atoms with Crippen LogP contribution < -0.4 is 4.74 Å². The van der Waals surface area contributed by atoms with Crippen LogP contribution in [-0.2, 0) is 13.2 Å². The molecule has 0 saturated heterocycles. The largest absolute Gasteiger partial charge is 0.486 e. The van der Waals surface area contributed by atoms with Crippen LogP contribution in [0.5, 0.6) is 5.75 Å².